The number of ether oxygens (including phenoxy) is 4. The first-order valence-corrected chi connectivity index (χ1v) is 21.0. The molecule has 9 rings (SSSR count). The number of hydrogen-bond donors (Lipinski definition) is 6. The number of carbonyl (C=O) groups is 4. The summed E-state index contributed by atoms with van der Waals surface area (Å²) < 4.78 is 26.4. The standard InChI is InChI=1S/C52H38N4O12/c57-45(58)25-29-1-9-33(10-2-29)65-49-37-17-19-39(53-37)50(66-34-11-3-30(4-12-34)26-46(59)60)41-21-23-43(55-41)52(68-36-15-7-32(8-16-36)28-48(63)64)44-24-22-42(56-44)51(40-20-18-38(49)54-40)67-35-13-5-31(6-14-35)27-47(61)62/h1,3,5,7,9-28,53,56H,2,4,6,8H2,(H,57,58)(H,59,60)(H,61,62)(H,63,64). The third-order valence-electron chi connectivity index (χ3n) is 10.7. The summed E-state index contributed by atoms with van der Waals surface area (Å²) in [6, 6.07) is 7.16. The topological polar surface area (TPSA) is 243 Å². The number of fused-ring (bicyclic) bond motifs is 8. The Labute approximate surface area is 385 Å². The molecule has 0 radical (unpaired) electrons. The van der Waals surface area contributed by atoms with Gasteiger partial charge in [0, 0.05) is 24.3 Å². The van der Waals surface area contributed by atoms with E-state index in [1.165, 1.54) is 0 Å². The van der Waals surface area contributed by atoms with Gasteiger partial charge in [0.2, 0.25) is 0 Å². The van der Waals surface area contributed by atoms with Gasteiger partial charge in [-0.3, -0.25) is 0 Å². The van der Waals surface area contributed by atoms with Crippen molar-refractivity contribution >= 4 is 70.2 Å². The van der Waals surface area contributed by atoms with E-state index in [1.807, 2.05) is 0 Å². The van der Waals surface area contributed by atoms with Crippen LogP contribution in [0.1, 0.15) is 48.5 Å². The van der Waals surface area contributed by atoms with Gasteiger partial charge in [0.25, 0.3) is 0 Å². The van der Waals surface area contributed by atoms with E-state index in [-0.39, 0.29) is 0 Å². The van der Waals surface area contributed by atoms with Crippen LogP contribution < -0.4 is 18.9 Å². The number of rotatable bonds is 12. The Kier molecular flexibility index (Phi) is 12.2. The number of nitrogens with one attached hydrogen (secondary N) is 2. The summed E-state index contributed by atoms with van der Waals surface area (Å²) >= 11 is 0. The number of aromatic amines is 2. The van der Waals surface area contributed by atoms with Crippen molar-refractivity contribution in [3.8, 4) is 23.0 Å². The quantitative estimate of drug-likeness (QED) is 0.0639. The number of allylic oxidation sites excluding steroid dienone is 16. The first-order chi connectivity index (χ1) is 32.9. The smallest absolute Gasteiger partial charge is 0.328 e. The Morgan fingerprint density at radius 1 is 0.382 bits per heavy atom. The number of aliphatic carboxylic acids is 4. The highest BCUT2D eigenvalue weighted by molar-refractivity contribution is 5.88. The third-order valence-corrected chi connectivity index (χ3v) is 10.7. The van der Waals surface area contributed by atoms with Crippen LogP contribution in [0.4, 0.5) is 0 Å². The van der Waals surface area contributed by atoms with E-state index in [0.29, 0.717) is 139 Å². The summed E-state index contributed by atoms with van der Waals surface area (Å²) in [5.74, 6) is -1.32. The predicted octanol–water partition coefficient (Wildman–Crippen LogP) is 9.59. The fourth-order valence-corrected chi connectivity index (χ4v) is 7.54. The average Bonchev–Trinajstić information content (AvgIpc) is 4.16. The van der Waals surface area contributed by atoms with Crippen molar-refractivity contribution in [1.82, 2.24) is 19.9 Å². The Balaban J connectivity index is 1.26. The Morgan fingerprint density at radius 3 is 0.809 bits per heavy atom. The molecule has 16 nitrogen and oxygen atoms in total. The molecule has 3 aromatic heterocycles. The van der Waals surface area contributed by atoms with E-state index in [4.69, 9.17) is 28.9 Å². The first-order valence-electron chi connectivity index (χ1n) is 21.0. The van der Waals surface area contributed by atoms with Gasteiger partial charge in [-0.1, -0.05) is 24.3 Å². The fraction of sp³-hybridized carbons (Fsp3) is 0.0769. The maximum Gasteiger partial charge on any atom is 0.328 e. The molecule has 5 heterocycles. The van der Waals surface area contributed by atoms with Crippen molar-refractivity contribution in [2.24, 2.45) is 0 Å². The summed E-state index contributed by atoms with van der Waals surface area (Å²) in [7, 11) is 0. The monoisotopic (exact) mass is 910 g/mol. The van der Waals surface area contributed by atoms with Crippen LogP contribution in [0.5, 0.6) is 23.0 Å². The summed E-state index contributed by atoms with van der Waals surface area (Å²) in [4.78, 5) is 62.5. The van der Waals surface area contributed by atoms with Crippen molar-refractivity contribution in [1.29, 1.82) is 0 Å². The number of carboxylic acids is 4. The van der Waals surface area contributed by atoms with Crippen molar-refractivity contribution in [3.05, 3.63) is 190 Å². The number of H-pyrrole nitrogens is 2. The molecule has 68 heavy (non-hydrogen) atoms. The zero-order chi connectivity index (χ0) is 47.3. The second-order valence-corrected chi connectivity index (χ2v) is 15.5. The van der Waals surface area contributed by atoms with Gasteiger partial charge in [0.15, 0.2) is 23.0 Å². The lowest BCUT2D eigenvalue weighted by Crippen LogP contribution is -2.01. The predicted molar refractivity (Wildman–Crippen MR) is 252 cm³/mol. The zero-order valence-electron chi connectivity index (χ0n) is 35.6. The van der Waals surface area contributed by atoms with Gasteiger partial charge in [0.05, 0.1) is 22.1 Å². The summed E-state index contributed by atoms with van der Waals surface area (Å²) in [5.41, 5.74) is 5.81. The molecule has 0 aromatic carbocycles. The Bertz CT molecular complexity index is 2920. The Hall–Kier alpha value is -9.44. The molecular formula is C52H38N4O12. The molecule has 0 unspecified atom stereocenters. The molecule has 0 amide bonds. The molecule has 0 fully saturated rings. The second kappa shape index (κ2) is 19.0. The molecule has 338 valence electrons. The minimum absolute atomic E-state index is 0.301. The van der Waals surface area contributed by atoms with E-state index >= 15 is 0 Å². The second-order valence-electron chi connectivity index (χ2n) is 15.5. The van der Waals surface area contributed by atoms with Crippen molar-refractivity contribution in [2.45, 2.75) is 25.7 Å². The average molecular weight is 911 g/mol. The molecule has 3 aromatic rings. The maximum atomic E-state index is 11.4. The number of aromatic nitrogens is 4. The largest absolute Gasteiger partial charge is 0.478 e. The molecule has 8 bridgehead atoms. The number of nitrogens with zero attached hydrogens (tertiary/aromatic N) is 2. The van der Waals surface area contributed by atoms with Crippen LogP contribution in [0.15, 0.2) is 167 Å². The lowest BCUT2D eigenvalue weighted by atomic mass is 10.1. The van der Waals surface area contributed by atoms with Gasteiger partial charge in [-0.15, -0.1) is 0 Å². The van der Waals surface area contributed by atoms with Crippen molar-refractivity contribution in [3.63, 3.8) is 0 Å². The molecule has 0 saturated heterocycles. The number of hydrogen-bond acceptors (Lipinski definition) is 10. The first kappa shape index (κ1) is 43.8. The van der Waals surface area contributed by atoms with Crippen molar-refractivity contribution < 1.29 is 58.6 Å². The molecule has 0 saturated carbocycles. The summed E-state index contributed by atoms with van der Waals surface area (Å²) in [6.45, 7) is 0. The molecule has 4 aliphatic carbocycles. The van der Waals surface area contributed by atoms with E-state index in [1.54, 1.807) is 121 Å². The number of carboxylic acid groups (broad SMARTS) is 4. The highest BCUT2D eigenvalue weighted by Crippen LogP contribution is 2.39. The van der Waals surface area contributed by atoms with Gasteiger partial charge < -0.3 is 49.3 Å². The van der Waals surface area contributed by atoms with Gasteiger partial charge in [0.1, 0.15) is 45.8 Å². The zero-order valence-corrected chi connectivity index (χ0v) is 35.6. The van der Waals surface area contributed by atoms with E-state index in [0.717, 1.165) is 24.3 Å². The van der Waals surface area contributed by atoms with Crippen molar-refractivity contribution in [2.75, 3.05) is 0 Å². The van der Waals surface area contributed by atoms with Gasteiger partial charge in [-0.2, -0.15) is 0 Å². The molecule has 6 aliphatic rings. The van der Waals surface area contributed by atoms with Crippen LogP contribution in [0, 0.1) is 0 Å². The molecule has 6 N–H and O–H groups in total. The van der Waals surface area contributed by atoms with E-state index in [2.05, 4.69) is 9.97 Å². The molecular weight excluding hydrogens is 873 g/mol. The van der Waals surface area contributed by atoms with Gasteiger partial charge in [-0.25, -0.2) is 29.1 Å². The molecule has 0 atom stereocenters. The molecule has 0 spiro atoms. The van der Waals surface area contributed by atoms with Crippen LogP contribution in [0.2, 0.25) is 0 Å². The minimum atomic E-state index is -1.06. The molecule has 16 heteroatoms. The van der Waals surface area contributed by atoms with Crippen LogP contribution in [0.25, 0.3) is 46.4 Å². The molecule has 2 aliphatic heterocycles. The van der Waals surface area contributed by atoms with Crippen LogP contribution in [-0.2, 0) is 19.2 Å². The fourth-order valence-electron chi connectivity index (χ4n) is 7.54. The Morgan fingerprint density at radius 2 is 0.618 bits per heavy atom. The van der Waals surface area contributed by atoms with E-state index in [9.17, 15) is 39.6 Å². The van der Waals surface area contributed by atoms with Crippen LogP contribution in [0.3, 0.4) is 0 Å². The maximum absolute atomic E-state index is 11.4. The van der Waals surface area contributed by atoms with E-state index < -0.39 is 23.9 Å². The lowest BCUT2D eigenvalue weighted by molar-refractivity contribution is -0.132. The summed E-state index contributed by atoms with van der Waals surface area (Å²) in [6.07, 6.45) is 33.1. The SMILES string of the molecule is O=C(O)C=C1C=CC(Oc2c3nc(c(OC4=CCC(=CC(=O)O)C=C4)c4ccc([nH]4)c(OC4=CCC(=CC(=O)O)C=C4)c4nc(c(OC5=CCC(=CC(=O)O)C=C5)c5ccc2[nH]5)C=C4)C=C3)=CC1. The van der Waals surface area contributed by atoms with Crippen LogP contribution in [-0.4, -0.2) is 64.2 Å². The normalized spacial score (nSPS) is 18.4. The highest BCUT2D eigenvalue weighted by Gasteiger charge is 2.22. The van der Waals surface area contributed by atoms with Crippen LogP contribution >= 0.6 is 0 Å². The highest BCUT2D eigenvalue weighted by atomic mass is 16.5. The third kappa shape index (κ3) is 10.2. The summed E-state index contributed by atoms with van der Waals surface area (Å²) in [5, 5.41) is 37.3. The van der Waals surface area contributed by atoms with Gasteiger partial charge in [-0.05, 0) is 145 Å². The lowest BCUT2D eigenvalue weighted by Gasteiger charge is -2.13. The minimum Gasteiger partial charge on any atom is -0.478 e. The van der Waals surface area contributed by atoms with Gasteiger partial charge >= 0.3 is 23.9 Å².